The quantitative estimate of drug-likeness (QED) is 0.148. The minimum Gasteiger partial charge on any atom is -0.460 e. The van der Waals surface area contributed by atoms with Gasteiger partial charge in [0.2, 0.25) is 0 Å². The van der Waals surface area contributed by atoms with Crippen LogP contribution in [-0.2, 0) is 48.4 Å². The second-order valence-electron chi connectivity index (χ2n) is 11.2. The van der Waals surface area contributed by atoms with Crippen molar-refractivity contribution >= 4 is 17.3 Å². The molecule has 0 bridgehead atoms. The van der Waals surface area contributed by atoms with Crippen LogP contribution in [0, 0.1) is 12.3 Å². The van der Waals surface area contributed by atoms with E-state index in [2.05, 4.69) is 61.4 Å². The van der Waals surface area contributed by atoms with E-state index in [9.17, 15) is 4.79 Å². The first-order chi connectivity index (χ1) is 19.3. The van der Waals surface area contributed by atoms with Gasteiger partial charge in [0, 0.05) is 28.4 Å². The molecule has 0 saturated carbocycles. The summed E-state index contributed by atoms with van der Waals surface area (Å²) in [6.07, 6.45) is 7.87. The van der Waals surface area contributed by atoms with Gasteiger partial charge in [-0.3, -0.25) is 9.48 Å². The van der Waals surface area contributed by atoms with E-state index >= 15 is 0 Å². The van der Waals surface area contributed by atoms with Gasteiger partial charge < -0.3 is 4.74 Å². The molecule has 40 heavy (non-hydrogen) atoms. The number of nitrogens with zero attached hydrogens (tertiary/aromatic N) is 3. The minimum atomic E-state index is -0.689. The lowest BCUT2D eigenvalue weighted by molar-refractivity contribution is -0.156. The van der Waals surface area contributed by atoms with E-state index in [1.54, 1.807) is 0 Å². The molecule has 6 heteroatoms. The molecule has 0 fully saturated rings. The molecular weight excluding hydrogens is 514 g/mol. The summed E-state index contributed by atoms with van der Waals surface area (Å²) in [6.45, 7) is 11.6. The number of benzene rings is 2. The lowest BCUT2D eigenvalue weighted by Gasteiger charge is -2.31. The summed E-state index contributed by atoms with van der Waals surface area (Å²) in [6, 6.07) is 21.2. The molecule has 2 aromatic heterocycles. The van der Waals surface area contributed by atoms with Gasteiger partial charge >= 0.3 is 5.97 Å². The van der Waals surface area contributed by atoms with Crippen molar-refractivity contribution in [1.29, 1.82) is 0 Å². The standard InChI is InChI=1S/C34H43N3O2S/c1-6-26-16-18-27(19-17-26)14-11-15-29-22-32(40-25(29)3)31(21-20-30-23-37(7-2)36-35-30)34(4,5)33(38)39-24-28-12-9-8-10-13-28/h8-10,12-13,16-19,22-23,31H,6-7,11,14-15,20-21,24H2,1-5H3/t31-/m0/s1. The normalized spacial score (nSPS) is 12.4. The van der Waals surface area contributed by atoms with Gasteiger partial charge in [0.25, 0.3) is 0 Å². The molecule has 0 aliphatic carbocycles. The molecule has 0 saturated heterocycles. The molecule has 0 N–H and O–H groups in total. The Morgan fingerprint density at radius 3 is 2.38 bits per heavy atom. The van der Waals surface area contributed by atoms with Crippen LogP contribution in [-0.4, -0.2) is 21.0 Å². The first kappa shape index (κ1) is 29.7. The van der Waals surface area contributed by atoms with Crippen molar-refractivity contribution in [2.24, 2.45) is 5.41 Å². The minimum absolute atomic E-state index is 0.0154. The smallest absolute Gasteiger partial charge is 0.312 e. The Balaban J connectivity index is 1.49. The van der Waals surface area contributed by atoms with Crippen molar-refractivity contribution in [1.82, 2.24) is 15.0 Å². The molecule has 0 radical (unpaired) electrons. The lowest BCUT2D eigenvalue weighted by atomic mass is 9.75. The average Bonchev–Trinajstić information content (AvgIpc) is 3.58. The summed E-state index contributed by atoms with van der Waals surface area (Å²) in [5, 5.41) is 8.57. The Kier molecular flexibility index (Phi) is 10.3. The highest BCUT2D eigenvalue weighted by atomic mass is 32.1. The number of hydrogen-bond donors (Lipinski definition) is 0. The molecule has 0 amide bonds. The van der Waals surface area contributed by atoms with Crippen LogP contribution in [0.15, 0.2) is 66.9 Å². The molecule has 2 aromatic carbocycles. The van der Waals surface area contributed by atoms with Gasteiger partial charge in [0.05, 0.1) is 11.1 Å². The van der Waals surface area contributed by atoms with Crippen molar-refractivity contribution in [3.8, 4) is 0 Å². The number of ether oxygens (including phenoxy) is 1. The summed E-state index contributed by atoms with van der Waals surface area (Å²) in [5.74, 6) is -0.150. The van der Waals surface area contributed by atoms with Crippen LogP contribution in [0.1, 0.15) is 84.2 Å². The Hall–Kier alpha value is -3.25. The third-order valence-corrected chi connectivity index (χ3v) is 9.14. The molecular formula is C34H43N3O2S. The zero-order chi connectivity index (χ0) is 28.5. The number of esters is 1. The zero-order valence-electron chi connectivity index (χ0n) is 24.7. The largest absolute Gasteiger partial charge is 0.460 e. The highest BCUT2D eigenvalue weighted by Gasteiger charge is 2.40. The van der Waals surface area contributed by atoms with Gasteiger partial charge in [-0.25, -0.2) is 0 Å². The number of hydrogen-bond acceptors (Lipinski definition) is 5. The molecule has 0 spiro atoms. The van der Waals surface area contributed by atoms with Gasteiger partial charge in [-0.05, 0) is 94.5 Å². The van der Waals surface area contributed by atoms with Crippen LogP contribution in [0.3, 0.4) is 0 Å². The van der Waals surface area contributed by atoms with Crippen LogP contribution in [0.5, 0.6) is 0 Å². The van der Waals surface area contributed by atoms with E-state index in [0.717, 1.165) is 56.3 Å². The Morgan fingerprint density at radius 1 is 0.975 bits per heavy atom. The number of aryl methyl sites for hydroxylation is 6. The molecule has 0 unspecified atom stereocenters. The Bertz CT molecular complexity index is 1360. The second-order valence-corrected chi connectivity index (χ2v) is 12.5. The van der Waals surface area contributed by atoms with Crippen molar-refractivity contribution in [3.05, 3.63) is 105 Å². The summed E-state index contributed by atoms with van der Waals surface area (Å²) in [7, 11) is 0. The first-order valence-electron chi connectivity index (χ1n) is 14.6. The summed E-state index contributed by atoms with van der Waals surface area (Å²) >= 11 is 1.83. The Labute approximate surface area is 243 Å². The van der Waals surface area contributed by atoms with E-state index in [-0.39, 0.29) is 18.5 Å². The fourth-order valence-corrected chi connectivity index (χ4v) is 6.60. The first-order valence-corrected chi connectivity index (χ1v) is 15.4. The van der Waals surface area contributed by atoms with Gasteiger partial charge in [0.15, 0.2) is 0 Å². The number of carbonyl (C=O) groups excluding carboxylic acids is 1. The maximum atomic E-state index is 13.5. The lowest BCUT2D eigenvalue weighted by Crippen LogP contribution is -2.33. The third-order valence-electron chi connectivity index (χ3n) is 7.94. The molecule has 2 heterocycles. The number of aromatic nitrogens is 3. The molecule has 212 valence electrons. The van der Waals surface area contributed by atoms with E-state index in [1.807, 2.05) is 66.4 Å². The van der Waals surface area contributed by atoms with Gasteiger partial charge in [0.1, 0.15) is 6.61 Å². The third kappa shape index (κ3) is 7.69. The van der Waals surface area contributed by atoms with Crippen molar-refractivity contribution < 1.29 is 9.53 Å². The fourth-order valence-electron chi connectivity index (χ4n) is 5.20. The summed E-state index contributed by atoms with van der Waals surface area (Å²) in [5.41, 5.74) is 5.44. The molecule has 4 aromatic rings. The molecule has 0 aliphatic rings. The predicted molar refractivity (Wildman–Crippen MR) is 164 cm³/mol. The van der Waals surface area contributed by atoms with E-state index in [1.165, 1.54) is 26.4 Å². The molecule has 0 aliphatic heterocycles. The van der Waals surface area contributed by atoms with Crippen molar-refractivity contribution in [2.75, 3.05) is 0 Å². The van der Waals surface area contributed by atoms with Gasteiger partial charge in [-0.15, -0.1) is 16.4 Å². The van der Waals surface area contributed by atoms with Crippen LogP contribution >= 0.6 is 11.3 Å². The van der Waals surface area contributed by atoms with Crippen molar-refractivity contribution in [2.45, 2.75) is 92.2 Å². The Morgan fingerprint density at radius 2 is 1.70 bits per heavy atom. The van der Waals surface area contributed by atoms with E-state index in [0.29, 0.717) is 0 Å². The highest BCUT2D eigenvalue weighted by Crippen LogP contribution is 2.44. The van der Waals surface area contributed by atoms with Gasteiger partial charge in [-0.2, -0.15) is 0 Å². The summed E-state index contributed by atoms with van der Waals surface area (Å²) < 4.78 is 7.72. The van der Waals surface area contributed by atoms with Gasteiger partial charge in [-0.1, -0.05) is 66.7 Å². The maximum absolute atomic E-state index is 13.5. The highest BCUT2D eigenvalue weighted by molar-refractivity contribution is 7.12. The van der Waals surface area contributed by atoms with Crippen LogP contribution in [0.4, 0.5) is 0 Å². The van der Waals surface area contributed by atoms with E-state index in [4.69, 9.17) is 4.74 Å². The van der Waals surface area contributed by atoms with E-state index < -0.39 is 5.41 Å². The topological polar surface area (TPSA) is 57.0 Å². The number of thiophene rings is 1. The van der Waals surface area contributed by atoms with Crippen LogP contribution in [0.25, 0.3) is 0 Å². The number of rotatable bonds is 14. The SMILES string of the molecule is CCc1ccc(CCCc2cc([C@H](CCc3cn(CC)nn3)C(C)(C)C(=O)OCc3ccccc3)sc2C)cc1. The zero-order valence-corrected chi connectivity index (χ0v) is 25.5. The monoisotopic (exact) mass is 557 g/mol. The van der Waals surface area contributed by atoms with Crippen molar-refractivity contribution in [3.63, 3.8) is 0 Å². The molecule has 5 nitrogen and oxygen atoms in total. The summed E-state index contributed by atoms with van der Waals surface area (Å²) in [4.78, 5) is 16.1. The average molecular weight is 558 g/mol. The number of carbonyl (C=O) groups is 1. The van der Waals surface area contributed by atoms with Crippen LogP contribution in [0.2, 0.25) is 0 Å². The predicted octanol–water partition coefficient (Wildman–Crippen LogP) is 7.89. The fraction of sp³-hybridized carbons (Fsp3) is 0.441. The molecule has 4 rings (SSSR count). The maximum Gasteiger partial charge on any atom is 0.312 e. The van der Waals surface area contributed by atoms with Crippen LogP contribution < -0.4 is 0 Å². The molecule has 1 atom stereocenters. The second kappa shape index (κ2) is 13.9.